The van der Waals surface area contributed by atoms with Gasteiger partial charge in [-0.05, 0) is 78.2 Å². The Morgan fingerprint density at radius 1 is 0.906 bits per heavy atom. The molecule has 0 bridgehead atoms. The van der Waals surface area contributed by atoms with Crippen molar-refractivity contribution in [1.29, 1.82) is 0 Å². The predicted molar refractivity (Wildman–Crippen MR) is 127 cm³/mol. The van der Waals surface area contributed by atoms with Gasteiger partial charge in [0.25, 0.3) is 5.91 Å². The van der Waals surface area contributed by atoms with Crippen LogP contribution >= 0.6 is 0 Å². The molecule has 1 amide bonds. The summed E-state index contributed by atoms with van der Waals surface area (Å²) in [4.78, 5) is 17.0. The van der Waals surface area contributed by atoms with Crippen molar-refractivity contribution in [2.75, 3.05) is 11.9 Å². The van der Waals surface area contributed by atoms with Crippen molar-refractivity contribution < 1.29 is 13.9 Å². The highest BCUT2D eigenvalue weighted by Gasteiger charge is 2.11. The largest absolute Gasteiger partial charge is 0.484 e. The Morgan fingerprint density at radius 3 is 2.59 bits per heavy atom. The number of carbonyl (C=O) groups excluding carboxylic acids is 1. The third-order valence-corrected chi connectivity index (χ3v) is 5.49. The van der Waals surface area contributed by atoms with Gasteiger partial charge in [-0.1, -0.05) is 36.4 Å². The van der Waals surface area contributed by atoms with Crippen molar-refractivity contribution in [2.45, 2.75) is 13.8 Å². The summed E-state index contributed by atoms with van der Waals surface area (Å²) >= 11 is 0. The fraction of sp³-hybridized carbons (Fsp3) is 0.111. The minimum absolute atomic E-state index is 0.0794. The number of rotatable bonds is 5. The Bertz CT molecular complexity index is 1410. The number of anilines is 1. The van der Waals surface area contributed by atoms with E-state index in [1.807, 2.05) is 85.8 Å². The second kappa shape index (κ2) is 8.19. The summed E-state index contributed by atoms with van der Waals surface area (Å²) in [5, 5.41) is 5.08. The first kappa shape index (κ1) is 19.8. The lowest BCUT2D eigenvalue weighted by Crippen LogP contribution is -2.20. The van der Waals surface area contributed by atoms with E-state index in [0.29, 0.717) is 17.3 Å². The number of aromatic nitrogens is 1. The first-order chi connectivity index (χ1) is 15.5. The number of ether oxygens (including phenoxy) is 1. The number of carbonyl (C=O) groups is 1. The molecule has 0 fully saturated rings. The van der Waals surface area contributed by atoms with Crippen molar-refractivity contribution in [1.82, 2.24) is 4.98 Å². The van der Waals surface area contributed by atoms with Crippen molar-refractivity contribution in [2.24, 2.45) is 0 Å². The standard InChI is InChI=1S/C27H22N2O3/c1-17-12-24-25(13-18(17)2)32-27(29-24)21-8-5-9-22(14-21)28-26(30)16-31-23-11-10-19-6-3-4-7-20(19)15-23/h3-15H,16H2,1-2H3,(H,28,30). The predicted octanol–water partition coefficient (Wildman–Crippen LogP) is 6.28. The summed E-state index contributed by atoms with van der Waals surface area (Å²) in [5.41, 5.74) is 5.36. The van der Waals surface area contributed by atoms with Crippen LogP contribution in [0.25, 0.3) is 33.3 Å². The van der Waals surface area contributed by atoms with Gasteiger partial charge in [-0.2, -0.15) is 0 Å². The first-order valence-corrected chi connectivity index (χ1v) is 10.4. The highest BCUT2D eigenvalue weighted by atomic mass is 16.5. The molecule has 5 aromatic rings. The van der Waals surface area contributed by atoms with Crippen molar-refractivity contribution in [3.8, 4) is 17.2 Å². The lowest BCUT2D eigenvalue weighted by Gasteiger charge is -2.09. The van der Waals surface area contributed by atoms with Gasteiger partial charge in [-0.3, -0.25) is 4.79 Å². The smallest absolute Gasteiger partial charge is 0.262 e. The quantitative estimate of drug-likeness (QED) is 0.362. The minimum atomic E-state index is -0.237. The van der Waals surface area contributed by atoms with E-state index in [4.69, 9.17) is 9.15 Å². The van der Waals surface area contributed by atoms with Crippen LogP contribution in [0.5, 0.6) is 5.75 Å². The molecule has 0 aliphatic rings. The van der Waals surface area contributed by atoms with E-state index < -0.39 is 0 Å². The van der Waals surface area contributed by atoms with Gasteiger partial charge >= 0.3 is 0 Å². The molecule has 1 aromatic heterocycles. The van der Waals surface area contributed by atoms with E-state index in [2.05, 4.69) is 17.2 Å². The second-order valence-electron chi connectivity index (χ2n) is 7.85. The molecule has 5 heteroatoms. The van der Waals surface area contributed by atoms with Crippen LogP contribution in [-0.2, 0) is 4.79 Å². The normalized spacial score (nSPS) is 11.1. The molecule has 1 heterocycles. The molecule has 0 saturated carbocycles. The van der Waals surface area contributed by atoms with Crippen LogP contribution in [0.3, 0.4) is 0 Å². The van der Waals surface area contributed by atoms with E-state index in [1.54, 1.807) is 0 Å². The summed E-state index contributed by atoms with van der Waals surface area (Å²) in [6.45, 7) is 4.02. The molecule has 1 N–H and O–H groups in total. The maximum atomic E-state index is 12.4. The van der Waals surface area contributed by atoms with Gasteiger partial charge in [0, 0.05) is 11.3 Å². The molecule has 0 saturated heterocycles. The number of nitrogens with one attached hydrogen (secondary N) is 1. The number of hydrogen-bond acceptors (Lipinski definition) is 4. The Morgan fingerprint density at radius 2 is 1.72 bits per heavy atom. The van der Waals surface area contributed by atoms with Gasteiger partial charge in [0.05, 0.1) is 0 Å². The Hall–Kier alpha value is -4.12. The average molecular weight is 422 g/mol. The number of aryl methyl sites for hydroxylation is 2. The van der Waals surface area contributed by atoms with Gasteiger partial charge in [-0.25, -0.2) is 4.98 Å². The van der Waals surface area contributed by atoms with Crippen molar-refractivity contribution >= 4 is 33.5 Å². The van der Waals surface area contributed by atoms with Crippen molar-refractivity contribution in [3.63, 3.8) is 0 Å². The Labute approximate surface area is 185 Å². The summed E-state index contributed by atoms with van der Waals surface area (Å²) in [7, 11) is 0. The molecule has 4 aromatic carbocycles. The molecule has 0 radical (unpaired) electrons. The number of oxazole rings is 1. The average Bonchev–Trinajstić information content (AvgIpc) is 3.21. The highest BCUT2D eigenvalue weighted by Crippen LogP contribution is 2.28. The SMILES string of the molecule is Cc1cc2nc(-c3cccc(NC(=O)COc4ccc5ccccc5c4)c3)oc2cc1C. The van der Waals surface area contributed by atoms with Gasteiger partial charge < -0.3 is 14.5 Å². The number of amides is 1. The van der Waals surface area contributed by atoms with E-state index >= 15 is 0 Å². The maximum Gasteiger partial charge on any atom is 0.262 e. The topological polar surface area (TPSA) is 64.4 Å². The molecular formula is C27H22N2O3. The van der Waals surface area contributed by atoms with Crippen LogP contribution in [0.15, 0.2) is 83.3 Å². The third kappa shape index (κ3) is 4.05. The van der Waals surface area contributed by atoms with E-state index in [1.165, 1.54) is 5.56 Å². The summed E-state index contributed by atoms with van der Waals surface area (Å²) in [5.74, 6) is 0.942. The monoisotopic (exact) mass is 422 g/mol. The summed E-state index contributed by atoms with van der Waals surface area (Å²) in [6, 6.07) is 25.3. The molecule has 5 rings (SSSR count). The first-order valence-electron chi connectivity index (χ1n) is 10.4. The van der Waals surface area contributed by atoms with Crippen LogP contribution in [0, 0.1) is 13.8 Å². The Balaban J connectivity index is 1.28. The molecule has 0 spiro atoms. The van der Waals surface area contributed by atoms with Gasteiger partial charge in [0.2, 0.25) is 5.89 Å². The van der Waals surface area contributed by atoms with Crippen molar-refractivity contribution in [3.05, 3.63) is 90.0 Å². The van der Waals surface area contributed by atoms with Gasteiger partial charge in [-0.15, -0.1) is 0 Å². The molecule has 0 unspecified atom stereocenters. The Kier molecular flexibility index (Phi) is 5.07. The lowest BCUT2D eigenvalue weighted by molar-refractivity contribution is -0.118. The molecule has 0 atom stereocenters. The van der Waals surface area contributed by atoms with Crippen LogP contribution in [0.4, 0.5) is 5.69 Å². The number of fused-ring (bicyclic) bond motifs is 2. The molecule has 158 valence electrons. The lowest BCUT2D eigenvalue weighted by atomic mass is 10.1. The second-order valence-corrected chi connectivity index (χ2v) is 7.85. The zero-order chi connectivity index (χ0) is 22.1. The fourth-order valence-electron chi connectivity index (χ4n) is 3.64. The zero-order valence-electron chi connectivity index (χ0n) is 17.9. The molecule has 0 aliphatic carbocycles. The van der Waals surface area contributed by atoms with Crippen LogP contribution in [0.2, 0.25) is 0 Å². The van der Waals surface area contributed by atoms with E-state index in [-0.39, 0.29) is 12.5 Å². The molecule has 5 nitrogen and oxygen atoms in total. The zero-order valence-corrected chi connectivity index (χ0v) is 17.9. The van der Waals surface area contributed by atoms with Crippen LogP contribution in [-0.4, -0.2) is 17.5 Å². The van der Waals surface area contributed by atoms with Crippen LogP contribution in [0.1, 0.15) is 11.1 Å². The van der Waals surface area contributed by atoms with E-state index in [0.717, 1.165) is 33.0 Å². The molecular weight excluding hydrogens is 400 g/mol. The summed E-state index contributed by atoms with van der Waals surface area (Å²) < 4.78 is 11.6. The van der Waals surface area contributed by atoms with Crippen LogP contribution < -0.4 is 10.1 Å². The fourth-order valence-corrected chi connectivity index (χ4v) is 3.64. The van der Waals surface area contributed by atoms with Gasteiger partial charge in [0.15, 0.2) is 12.2 Å². The number of nitrogens with zero attached hydrogens (tertiary/aromatic N) is 1. The highest BCUT2D eigenvalue weighted by molar-refractivity contribution is 5.92. The number of hydrogen-bond donors (Lipinski definition) is 1. The minimum Gasteiger partial charge on any atom is -0.484 e. The molecule has 0 aliphatic heterocycles. The molecule has 32 heavy (non-hydrogen) atoms. The van der Waals surface area contributed by atoms with E-state index in [9.17, 15) is 4.79 Å². The maximum absolute atomic E-state index is 12.4. The summed E-state index contributed by atoms with van der Waals surface area (Å²) in [6.07, 6.45) is 0. The van der Waals surface area contributed by atoms with Gasteiger partial charge in [0.1, 0.15) is 11.3 Å². The third-order valence-electron chi connectivity index (χ3n) is 5.49. The number of benzene rings is 4.